The van der Waals surface area contributed by atoms with E-state index in [0.29, 0.717) is 6.61 Å². The number of hydrogen-bond donors (Lipinski definition) is 0. The number of amidine groups is 1. The first-order valence-corrected chi connectivity index (χ1v) is 3.23. The Morgan fingerprint density at radius 3 is 3.00 bits per heavy atom. The minimum absolute atomic E-state index is 0.711. The molecule has 0 aromatic carbocycles. The van der Waals surface area contributed by atoms with Crippen LogP contribution in [0, 0.1) is 0 Å². The largest absolute Gasteiger partial charge is 0.465 e. The van der Waals surface area contributed by atoms with E-state index in [2.05, 4.69) is 4.99 Å². The van der Waals surface area contributed by atoms with Gasteiger partial charge in [0.2, 0.25) is 0 Å². The topological polar surface area (TPSA) is 24.8 Å². The Bertz CT molecular complexity index is 122. The highest BCUT2D eigenvalue weighted by molar-refractivity contribution is 5.75. The second-order valence-corrected chi connectivity index (χ2v) is 2.02. The fourth-order valence-corrected chi connectivity index (χ4v) is 0.797. The molecule has 0 saturated carbocycles. The van der Waals surface area contributed by atoms with Crippen LogP contribution >= 0.6 is 0 Å². The SMILES string of the molecule is CCOC1=NCCN1C. The van der Waals surface area contributed by atoms with Crippen molar-refractivity contribution in [3.8, 4) is 0 Å². The van der Waals surface area contributed by atoms with Gasteiger partial charge in [-0.05, 0) is 6.92 Å². The summed E-state index contributed by atoms with van der Waals surface area (Å²) in [4.78, 5) is 6.14. The zero-order valence-electron chi connectivity index (χ0n) is 5.92. The number of hydrogen-bond acceptors (Lipinski definition) is 3. The molecule has 0 bridgehead atoms. The Balaban J connectivity index is 2.38. The van der Waals surface area contributed by atoms with Gasteiger partial charge in [0, 0.05) is 13.6 Å². The van der Waals surface area contributed by atoms with E-state index in [4.69, 9.17) is 4.74 Å². The second-order valence-electron chi connectivity index (χ2n) is 2.02. The number of ether oxygens (including phenoxy) is 1. The number of nitrogens with zero attached hydrogens (tertiary/aromatic N) is 2. The Hall–Kier alpha value is -0.730. The molecule has 0 unspecified atom stereocenters. The molecule has 0 saturated heterocycles. The van der Waals surface area contributed by atoms with E-state index >= 15 is 0 Å². The van der Waals surface area contributed by atoms with Gasteiger partial charge >= 0.3 is 0 Å². The van der Waals surface area contributed by atoms with E-state index in [1.54, 1.807) is 0 Å². The van der Waals surface area contributed by atoms with Crippen molar-refractivity contribution < 1.29 is 4.74 Å². The summed E-state index contributed by atoms with van der Waals surface area (Å²) in [6.07, 6.45) is 0. The predicted molar refractivity (Wildman–Crippen MR) is 36.6 cm³/mol. The van der Waals surface area contributed by atoms with E-state index in [1.165, 1.54) is 0 Å². The van der Waals surface area contributed by atoms with Crippen molar-refractivity contribution in [3.63, 3.8) is 0 Å². The lowest BCUT2D eigenvalue weighted by molar-refractivity contribution is 0.275. The fraction of sp³-hybridized carbons (Fsp3) is 0.833. The minimum Gasteiger partial charge on any atom is -0.465 e. The zero-order valence-corrected chi connectivity index (χ0v) is 5.92. The van der Waals surface area contributed by atoms with Crippen LogP contribution in [0.5, 0.6) is 0 Å². The van der Waals surface area contributed by atoms with Crippen LogP contribution in [0.1, 0.15) is 6.92 Å². The Labute approximate surface area is 55.3 Å². The average Bonchev–Trinajstić information content (AvgIpc) is 2.18. The third-order valence-corrected chi connectivity index (χ3v) is 1.28. The van der Waals surface area contributed by atoms with Gasteiger partial charge < -0.3 is 9.64 Å². The predicted octanol–water partition coefficient (Wildman–Crippen LogP) is 0.324. The first-order valence-electron chi connectivity index (χ1n) is 3.23. The third kappa shape index (κ3) is 1.34. The Kier molecular flexibility index (Phi) is 1.92. The molecule has 0 spiro atoms. The van der Waals surface area contributed by atoms with Crippen LogP contribution < -0.4 is 0 Å². The first kappa shape index (κ1) is 6.39. The lowest BCUT2D eigenvalue weighted by Crippen LogP contribution is -2.24. The lowest BCUT2D eigenvalue weighted by atomic mass is 10.6. The third-order valence-electron chi connectivity index (χ3n) is 1.28. The highest BCUT2D eigenvalue weighted by Crippen LogP contribution is 1.98. The molecule has 0 aromatic rings. The highest BCUT2D eigenvalue weighted by Gasteiger charge is 2.11. The standard InChI is InChI=1S/C6H12N2O/c1-3-9-6-7-4-5-8(6)2/h3-5H2,1-2H3. The maximum Gasteiger partial charge on any atom is 0.287 e. The van der Waals surface area contributed by atoms with E-state index in [0.717, 1.165) is 19.1 Å². The van der Waals surface area contributed by atoms with Crippen LogP contribution in [0.4, 0.5) is 0 Å². The molecule has 3 heteroatoms. The molecule has 52 valence electrons. The smallest absolute Gasteiger partial charge is 0.287 e. The second kappa shape index (κ2) is 2.71. The van der Waals surface area contributed by atoms with Gasteiger partial charge in [-0.1, -0.05) is 0 Å². The van der Waals surface area contributed by atoms with Gasteiger partial charge in [-0.25, -0.2) is 4.99 Å². The van der Waals surface area contributed by atoms with Crippen LogP contribution in [0.3, 0.4) is 0 Å². The number of rotatable bonds is 1. The van der Waals surface area contributed by atoms with Gasteiger partial charge in [0.25, 0.3) is 6.02 Å². The molecule has 0 N–H and O–H groups in total. The van der Waals surface area contributed by atoms with Crippen molar-refractivity contribution in [2.24, 2.45) is 4.99 Å². The monoisotopic (exact) mass is 128 g/mol. The van der Waals surface area contributed by atoms with Crippen LogP contribution in [-0.4, -0.2) is 37.7 Å². The molecule has 0 fully saturated rings. The molecule has 0 aromatic heterocycles. The summed E-state index contributed by atoms with van der Waals surface area (Å²) in [6, 6.07) is 0.789. The van der Waals surface area contributed by atoms with Crippen LogP contribution in [0.25, 0.3) is 0 Å². The number of aliphatic imine (C=N–C) groups is 1. The fourth-order valence-electron chi connectivity index (χ4n) is 0.797. The van der Waals surface area contributed by atoms with Crippen LogP contribution in [-0.2, 0) is 4.74 Å². The summed E-state index contributed by atoms with van der Waals surface area (Å²) in [5.41, 5.74) is 0. The van der Waals surface area contributed by atoms with E-state index < -0.39 is 0 Å². The molecule has 9 heavy (non-hydrogen) atoms. The van der Waals surface area contributed by atoms with Gasteiger partial charge in [-0.2, -0.15) is 0 Å². The summed E-state index contributed by atoms with van der Waals surface area (Å²) in [7, 11) is 1.99. The summed E-state index contributed by atoms with van der Waals surface area (Å²) < 4.78 is 5.19. The van der Waals surface area contributed by atoms with Gasteiger partial charge in [0.05, 0.1) is 13.2 Å². The van der Waals surface area contributed by atoms with Crippen molar-refractivity contribution in [2.75, 3.05) is 26.7 Å². The summed E-state index contributed by atoms with van der Waals surface area (Å²) in [5, 5.41) is 0. The average molecular weight is 128 g/mol. The lowest BCUT2D eigenvalue weighted by Gasteiger charge is -2.11. The molecule has 0 amide bonds. The van der Waals surface area contributed by atoms with E-state index in [-0.39, 0.29) is 0 Å². The van der Waals surface area contributed by atoms with Crippen molar-refractivity contribution in [1.29, 1.82) is 0 Å². The molecular weight excluding hydrogens is 116 g/mol. The molecule has 1 rings (SSSR count). The van der Waals surface area contributed by atoms with Crippen LogP contribution in [0.15, 0.2) is 4.99 Å². The maximum atomic E-state index is 5.19. The van der Waals surface area contributed by atoms with Crippen LogP contribution in [0.2, 0.25) is 0 Å². The molecule has 1 aliphatic heterocycles. The summed E-state index contributed by atoms with van der Waals surface area (Å²) in [5.74, 6) is 0. The quantitative estimate of drug-likeness (QED) is 0.508. The first-order chi connectivity index (χ1) is 4.34. The summed E-state index contributed by atoms with van der Waals surface area (Å²) in [6.45, 7) is 4.55. The zero-order chi connectivity index (χ0) is 6.69. The normalized spacial score (nSPS) is 18.0. The van der Waals surface area contributed by atoms with Gasteiger partial charge in [-0.3, -0.25) is 0 Å². The van der Waals surface area contributed by atoms with Crippen molar-refractivity contribution in [2.45, 2.75) is 6.92 Å². The van der Waals surface area contributed by atoms with Crippen molar-refractivity contribution >= 4 is 6.02 Å². The molecule has 0 atom stereocenters. The minimum atomic E-state index is 0.711. The van der Waals surface area contributed by atoms with Crippen molar-refractivity contribution in [1.82, 2.24) is 4.90 Å². The molecule has 3 nitrogen and oxygen atoms in total. The number of likely N-dealkylation sites (N-methyl/N-ethyl adjacent to an activating group) is 1. The molecular formula is C6H12N2O. The molecule has 1 heterocycles. The Morgan fingerprint density at radius 1 is 1.78 bits per heavy atom. The molecule has 0 aliphatic carbocycles. The maximum absolute atomic E-state index is 5.19. The molecule has 0 radical (unpaired) electrons. The highest BCUT2D eigenvalue weighted by atomic mass is 16.5. The molecule has 1 aliphatic rings. The van der Waals surface area contributed by atoms with Crippen molar-refractivity contribution in [3.05, 3.63) is 0 Å². The van der Waals surface area contributed by atoms with Gasteiger partial charge in [-0.15, -0.1) is 0 Å². The van der Waals surface area contributed by atoms with Gasteiger partial charge in [0.1, 0.15) is 0 Å². The van der Waals surface area contributed by atoms with E-state index in [9.17, 15) is 0 Å². The Morgan fingerprint density at radius 2 is 2.56 bits per heavy atom. The van der Waals surface area contributed by atoms with E-state index in [1.807, 2.05) is 18.9 Å². The van der Waals surface area contributed by atoms with Gasteiger partial charge in [0.15, 0.2) is 0 Å². The summed E-state index contributed by atoms with van der Waals surface area (Å²) >= 11 is 0.